The summed E-state index contributed by atoms with van der Waals surface area (Å²) in [6.07, 6.45) is 6.86. The van der Waals surface area contributed by atoms with Crippen molar-refractivity contribution in [1.29, 1.82) is 0 Å². The van der Waals surface area contributed by atoms with E-state index in [2.05, 4.69) is 33.8 Å². The molecule has 0 unspecified atom stereocenters. The molecule has 1 rings (SSSR count). The molecule has 0 aromatic heterocycles. The van der Waals surface area contributed by atoms with Gasteiger partial charge >= 0.3 is 0 Å². The van der Waals surface area contributed by atoms with Crippen LogP contribution < -0.4 is 0 Å². The topological polar surface area (TPSA) is 17.1 Å². The van der Waals surface area contributed by atoms with Gasteiger partial charge in [0.15, 0.2) is 5.78 Å². The van der Waals surface area contributed by atoms with Crippen molar-refractivity contribution in [3.05, 3.63) is 23.8 Å². The Balaban J connectivity index is 2.63. The fourth-order valence-corrected chi connectivity index (χ4v) is 2.37. The molecule has 0 spiro atoms. The van der Waals surface area contributed by atoms with Gasteiger partial charge in [-0.15, -0.1) is 0 Å². The molecular formula is C14H22O. The van der Waals surface area contributed by atoms with E-state index in [-0.39, 0.29) is 5.78 Å². The van der Waals surface area contributed by atoms with E-state index in [0.29, 0.717) is 11.3 Å². The van der Waals surface area contributed by atoms with Crippen molar-refractivity contribution in [2.45, 2.75) is 41.0 Å². The zero-order chi connectivity index (χ0) is 11.6. The maximum Gasteiger partial charge on any atom is 0.152 e. The molecular weight excluding hydrogens is 184 g/mol. The van der Waals surface area contributed by atoms with Crippen molar-refractivity contribution in [3.8, 4) is 0 Å². The highest BCUT2D eigenvalue weighted by atomic mass is 16.1. The van der Waals surface area contributed by atoms with Gasteiger partial charge in [0.2, 0.25) is 0 Å². The molecule has 0 radical (unpaired) electrons. The van der Waals surface area contributed by atoms with E-state index in [1.807, 2.05) is 6.08 Å². The lowest BCUT2D eigenvalue weighted by Crippen LogP contribution is -2.43. The Labute approximate surface area is 93.3 Å². The normalized spacial score (nSPS) is 30.3. The zero-order valence-corrected chi connectivity index (χ0v) is 10.5. The molecule has 15 heavy (non-hydrogen) atoms. The molecule has 0 amide bonds. The van der Waals surface area contributed by atoms with Crippen molar-refractivity contribution in [1.82, 2.24) is 0 Å². The quantitative estimate of drug-likeness (QED) is 0.507. The third-order valence-electron chi connectivity index (χ3n) is 4.00. The minimum absolute atomic E-state index is 0.111. The van der Waals surface area contributed by atoms with Crippen LogP contribution in [0, 0.1) is 17.3 Å². The summed E-state index contributed by atoms with van der Waals surface area (Å²) >= 11 is 0. The number of carbonyl (C=O) groups is 1. The Kier molecular flexibility index (Phi) is 3.54. The molecule has 1 aliphatic rings. The van der Waals surface area contributed by atoms with E-state index in [9.17, 15) is 4.79 Å². The average Bonchev–Trinajstić information content (AvgIpc) is 2.13. The predicted molar refractivity (Wildman–Crippen MR) is 64.6 cm³/mol. The molecule has 1 nitrogen and oxygen atoms in total. The van der Waals surface area contributed by atoms with Gasteiger partial charge in [0.25, 0.3) is 0 Å². The number of hydrogen-bond acceptors (Lipinski definition) is 1. The van der Waals surface area contributed by atoms with E-state index in [1.165, 1.54) is 12.0 Å². The Bertz CT molecular complexity index is 307. The van der Waals surface area contributed by atoms with Crippen LogP contribution in [-0.4, -0.2) is 5.78 Å². The predicted octanol–water partition coefficient (Wildman–Crippen LogP) is 3.76. The van der Waals surface area contributed by atoms with Gasteiger partial charge in [-0.2, -0.15) is 0 Å². The SMILES string of the molecule is CC(=O)/C=C\C=C(/C)[C@H]1C[C@@H](C)C1(C)C. The van der Waals surface area contributed by atoms with E-state index >= 15 is 0 Å². The van der Waals surface area contributed by atoms with Gasteiger partial charge in [-0.3, -0.25) is 4.79 Å². The second-order valence-corrected chi connectivity index (χ2v) is 5.39. The molecule has 0 aliphatic heterocycles. The van der Waals surface area contributed by atoms with E-state index < -0.39 is 0 Å². The number of ketones is 1. The molecule has 0 heterocycles. The van der Waals surface area contributed by atoms with Crippen LogP contribution in [0.4, 0.5) is 0 Å². The van der Waals surface area contributed by atoms with Crippen LogP contribution in [0.3, 0.4) is 0 Å². The summed E-state index contributed by atoms with van der Waals surface area (Å²) in [6, 6.07) is 0. The fourth-order valence-electron chi connectivity index (χ4n) is 2.37. The number of allylic oxidation sites excluding steroid dienone is 4. The molecule has 1 heteroatoms. The summed E-state index contributed by atoms with van der Waals surface area (Å²) in [7, 11) is 0. The maximum atomic E-state index is 10.7. The minimum Gasteiger partial charge on any atom is -0.295 e. The van der Waals surface area contributed by atoms with Crippen molar-refractivity contribution >= 4 is 5.78 Å². The third-order valence-corrected chi connectivity index (χ3v) is 4.00. The van der Waals surface area contributed by atoms with Gasteiger partial charge in [0.05, 0.1) is 0 Å². The third kappa shape index (κ3) is 2.58. The molecule has 0 bridgehead atoms. The zero-order valence-electron chi connectivity index (χ0n) is 10.5. The van der Waals surface area contributed by atoms with Crippen molar-refractivity contribution < 1.29 is 4.79 Å². The molecule has 1 saturated carbocycles. The number of rotatable bonds is 3. The molecule has 0 N–H and O–H groups in total. The highest BCUT2D eigenvalue weighted by molar-refractivity contribution is 5.87. The standard InChI is InChI=1S/C14H22O/c1-10(7-6-8-12(3)15)13-9-11(2)14(13,4)5/h6-8,11,13H,9H2,1-5H3/b8-6-,10-7+/t11-,13-/m1/s1. The average molecular weight is 206 g/mol. The summed E-state index contributed by atoms with van der Waals surface area (Å²) in [5, 5.41) is 0. The summed E-state index contributed by atoms with van der Waals surface area (Å²) < 4.78 is 0. The van der Waals surface area contributed by atoms with Gasteiger partial charge in [-0.05, 0) is 43.6 Å². The van der Waals surface area contributed by atoms with E-state index in [1.54, 1.807) is 13.0 Å². The molecule has 2 atom stereocenters. The van der Waals surface area contributed by atoms with Crippen LogP contribution in [0.15, 0.2) is 23.8 Å². The highest BCUT2D eigenvalue weighted by Crippen LogP contribution is 2.53. The molecule has 1 aliphatic carbocycles. The van der Waals surface area contributed by atoms with Crippen LogP contribution in [0.2, 0.25) is 0 Å². The van der Waals surface area contributed by atoms with E-state index in [0.717, 1.165) is 5.92 Å². The lowest BCUT2D eigenvalue weighted by molar-refractivity contribution is -0.112. The first kappa shape index (κ1) is 12.2. The summed E-state index contributed by atoms with van der Waals surface area (Å²) in [5.74, 6) is 1.60. The van der Waals surface area contributed by atoms with Crippen molar-refractivity contribution in [2.75, 3.05) is 0 Å². The maximum absolute atomic E-state index is 10.7. The van der Waals surface area contributed by atoms with Crippen molar-refractivity contribution in [3.63, 3.8) is 0 Å². The highest BCUT2D eigenvalue weighted by Gasteiger charge is 2.45. The van der Waals surface area contributed by atoms with Crippen LogP contribution in [-0.2, 0) is 4.79 Å². The van der Waals surface area contributed by atoms with Crippen LogP contribution >= 0.6 is 0 Å². The Morgan fingerprint density at radius 1 is 1.33 bits per heavy atom. The molecule has 84 valence electrons. The number of hydrogen-bond donors (Lipinski definition) is 0. The fraction of sp³-hybridized carbons (Fsp3) is 0.643. The largest absolute Gasteiger partial charge is 0.295 e. The van der Waals surface area contributed by atoms with Gasteiger partial charge in [-0.1, -0.05) is 38.5 Å². The first-order valence-electron chi connectivity index (χ1n) is 5.71. The summed E-state index contributed by atoms with van der Waals surface area (Å²) in [6.45, 7) is 10.7. The van der Waals surface area contributed by atoms with Crippen molar-refractivity contribution in [2.24, 2.45) is 17.3 Å². The van der Waals surface area contributed by atoms with Crippen LogP contribution in [0.1, 0.15) is 41.0 Å². The Morgan fingerprint density at radius 3 is 2.33 bits per heavy atom. The molecule has 0 aromatic rings. The monoisotopic (exact) mass is 206 g/mol. The Hall–Kier alpha value is -0.850. The second kappa shape index (κ2) is 4.34. The molecule has 0 saturated heterocycles. The number of carbonyl (C=O) groups excluding carboxylic acids is 1. The smallest absolute Gasteiger partial charge is 0.152 e. The lowest BCUT2D eigenvalue weighted by atomic mass is 9.53. The lowest BCUT2D eigenvalue weighted by Gasteiger charge is -2.51. The Morgan fingerprint density at radius 2 is 1.93 bits per heavy atom. The minimum atomic E-state index is 0.111. The van der Waals surface area contributed by atoms with Gasteiger partial charge in [0, 0.05) is 0 Å². The van der Waals surface area contributed by atoms with Gasteiger partial charge in [0.1, 0.15) is 0 Å². The van der Waals surface area contributed by atoms with E-state index in [4.69, 9.17) is 0 Å². The first-order chi connectivity index (χ1) is 6.85. The van der Waals surface area contributed by atoms with Gasteiger partial charge in [-0.25, -0.2) is 0 Å². The first-order valence-corrected chi connectivity index (χ1v) is 5.71. The van der Waals surface area contributed by atoms with Gasteiger partial charge < -0.3 is 0 Å². The van der Waals surface area contributed by atoms with Crippen LogP contribution in [0.25, 0.3) is 0 Å². The summed E-state index contributed by atoms with van der Waals surface area (Å²) in [4.78, 5) is 10.7. The summed E-state index contributed by atoms with van der Waals surface area (Å²) in [5.41, 5.74) is 1.82. The molecule has 0 aromatic carbocycles. The molecule has 1 fully saturated rings. The van der Waals surface area contributed by atoms with Crippen LogP contribution in [0.5, 0.6) is 0 Å². The second-order valence-electron chi connectivity index (χ2n) is 5.39.